The summed E-state index contributed by atoms with van der Waals surface area (Å²) < 4.78 is 5.65. The number of amides is 1. The van der Waals surface area contributed by atoms with E-state index in [0.717, 1.165) is 59.2 Å². The van der Waals surface area contributed by atoms with Crippen molar-refractivity contribution < 1.29 is 9.53 Å². The minimum atomic E-state index is -0.0434. The minimum absolute atomic E-state index is 0.0434. The van der Waals surface area contributed by atoms with Crippen LogP contribution in [0.4, 0.5) is 0 Å². The Kier molecular flexibility index (Phi) is 5.16. The van der Waals surface area contributed by atoms with Crippen LogP contribution in [0.2, 0.25) is 0 Å². The molecular weight excluding hydrogens is 336 g/mol. The lowest BCUT2D eigenvalue weighted by Gasteiger charge is -2.17. The quantitative estimate of drug-likeness (QED) is 0.735. The van der Waals surface area contributed by atoms with E-state index < -0.39 is 0 Å². The zero-order valence-electron chi connectivity index (χ0n) is 15.6. The standard InChI is InChI=1S/C23H24N2O2/c1-2-18-21(23(26)24-15-17-11-8-14-27-17)19-12-6-7-13-20(19)25-22(18)16-9-4-3-5-10-16/h3-7,9-10,12-13,17H,2,8,11,14-15H2,1H3,(H,24,26). The highest BCUT2D eigenvalue weighted by atomic mass is 16.5. The molecule has 1 aliphatic heterocycles. The molecular formula is C23H24N2O2. The van der Waals surface area contributed by atoms with Gasteiger partial charge in [0.1, 0.15) is 0 Å². The van der Waals surface area contributed by atoms with Gasteiger partial charge in [0.05, 0.1) is 22.9 Å². The van der Waals surface area contributed by atoms with Gasteiger partial charge in [0, 0.05) is 24.1 Å². The number of nitrogens with zero attached hydrogens (tertiary/aromatic N) is 1. The maximum Gasteiger partial charge on any atom is 0.252 e. The van der Waals surface area contributed by atoms with Gasteiger partial charge < -0.3 is 10.1 Å². The number of ether oxygens (including phenoxy) is 1. The van der Waals surface area contributed by atoms with Crippen molar-refractivity contribution in [3.8, 4) is 11.3 Å². The summed E-state index contributed by atoms with van der Waals surface area (Å²) in [6.45, 7) is 3.42. The van der Waals surface area contributed by atoms with Crippen molar-refractivity contribution in [1.29, 1.82) is 0 Å². The zero-order valence-corrected chi connectivity index (χ0v) is 15.6. The molecule has 1 aliphatic rings. The van der Waals surface area contributed by atoms with Gasteiger partial charge in [-0.1, -0.05) is 55.5 Å². The lowest BCUT2D eigenvalue weighted by molar-refractivity contribution is 0.0858. The summed E-state index contributed by atoms with van der Waals surface area (Å²) in [4.78, 5) is 18.1. The molecule has 2 aromatic carbocycles. The van der Waals surface area contributed by atoms with Crippen LogP contribution in [0.25, 0.3) is 22.2 Å². The van der Waals surface area contributed by atoms with Crippen LogP contribution < -0.4 is 5.32 Å². The number of hydrogen-bond acceptors (Lipinski definition) is 3. The molecule has 1 fully saturated rings. The topological polar surface area (TPSA) is 51.2 Å². The first-order valence-electron chi connectivity index (χ1n) is 9.64. The number of nitrogens with one attached hydrogen (secondary N) is 1. The summed E-state index contributed by atoms with van der Waals surface area (Å²) in [5.41, 5.74) is 4.49. The van der Waals surface area contributed by atoms with Crippen LogP contribution in [0, 0.1) is 0 Å². The highest BCUT2D eigenvalue weighted by Crippen LogP contribution is 2.30. The summed E-state index contributed by atoms with van der Waals surface area (Å²) in [6.07, 6.45) is 2.94. The van der Waals surface area contributed by atoms with Gasteiger partial charge in [0.15, 0.2) is 0 Å². The van der Waals surface area contributed by atoms with Crippen LogP contribution in [0.1, 0.15) is 35.7 Å². The predicted molar refractivity (Wildman–Crippen MR) is 108 cm³/mol. The van der Waals surface area contributed by atoms with E-state index in [2.05, 4.69) is 12.2 Å². The summed E-state index contributed by atoms with van der Waals surface area (Å²) in [7, 11) is 0. The first-order valence-corrected chi connectivity index (χ1v) is 9.64. The number of fused-ring (bicyclic) bond motifs is 1. The van der Waals surface area contributed by atoms with Gasteiger partial charge in [0.2, 0.25) is 0 Å². The minimum Gasteiger partial charge on any atom is -0.376 e. The van der Waals surface area contributed by atoms with Gasteiger partial charge in [-0.25, -0.2) is 4.98 Å². The second-order valence-electron chi connectivity index (χ2n) is 6.90. The predicted octanol–water partition coefficient (Wildman–Crippen LogP) is 4.37. The molecule has 4 heteroatoms. The third kappa shape index (κ3) is 3.58. The van der Waals surface area contributed by atoms with E-state index in [1.807, 2.05) is 54.6 Å². The molecule has 4 nitrogen and oxygen atoms in total. The van der Waals surface area contributed by atoms with Gasteiger partial charge in [-0.2, -0.15) is 0 Å². The Morgan fingerprint density at radius 3 is 2.67 bits per heavy atom. The molecule has 0 saturated carbocycles. The summed E-state index contributed by atoms with van der Waals surface area (Å²) >= 11 is 0. The molecule has 3 aromatic rings. The van der Waals surface area contributed by atoms with Crippen molar-refractivity contribution in [3.05, 3.63) is 65.7 Å². The number of aromatic nitrogens is 1. The molecule has 27 heavy (non-hydrogen) atoms. The average Bonchev–Trinajstić information content (AvgIpc) is 3.25. The highest BCUT2D eigenvalue weighted by molar-refractivity contribution is 6.09. The van der Waals surface area contributed by atoms with Gasteiger partial charge in [-0.05, 0) is 30.9 Å². The van der Waals surface area contributed by atoms with E-state index in [-0.39, 0.29) is 12.0 Å². The second kappa shape index (κ2) is 7.89. The van der Waals surface area contributed by atoms with Crippen LogP contribution in [-0.4, -0.2) is 30.1 Å². The van der Waals surface area contributed by atoms with Crippen LogP contribution in [0.3, 0.4) is 0 Å². The molecule has 4 rings (SSSR count). The fraction of sp³-hybridized carbons (Fsp3) is 0.304. The third-order valence-corrected chi connectivity index (χ3v) is 5.14. The molecule has 1 N–H and O–H groups in total. The van der Waals surface area contributed by atoms with E-state index in [9.17, 15) is 4.79 Å². The first-order chi connectivity index (χ1) is 13.3. The molecule has 2 heterocycles. The number of pyridine rings is 1. The van der Waals surface area contributed by atoms with Gasteiger partial charge in [-0.15, -0.1) is 0 Å². The monoisotopic (exact) mass is 360 g/mol. The fourth-order valence-electron chi connectivity index (χ4n) is 3.79. The average molecular weight is 360 g/mol. The molecule has 0 aliphatic carbocycles. The van der Waals surface area contributed by atoms with E-state index >= 15 is 0 Å². The zero-order chi connectivity index (χ0) is 18.6. The second-order valence-corrected chi connectivity index (χ2v) is 6.90. The van der Waals surface area contributed by atoms with E-state index in [0.29, 0.717) is 6.54 Å². The number of rotatable bonds is 5. The van der Waals surface area contributed by atoms with Crippen LogP contribution >= 0.6 is 0 Å². The molecule has 1 aromatic heterocycles. The molecule has 1 saturated heterocycles. The Balaban J connectivity index is 1.80. The van der Waals surface area contributed by atoms with Crippen molar-refractivity contribution in [2.24, 2.45) is 0 Å². The molecule has 0 radical (unpaired) electrons. The first kappa shape index (κ1) is 17.7. The summed E-state index contributed by atoms with van der Waals surface area (Å²) in [5.74, 6) is -0.0434. The van der Waals surface area contributed by atoms with Crippen molar-refractivity contribution in [1.82, 2.24) is 10.3 Å². The van der Waals surface area contributed by atoms with Crippen molar-refractivity contribution in [3.63, 3.8) is 0 Å². The van der Waals surface area contributed by atoms with Crippen LogP contribution in [-0.2, 0) is 11.2 Å². The maximum absolute atomic E-state index is 13.2. The molecule has 1 atom stereocenters. The number of carbonyl (C=O) groups is 1. The molecule has 138 valence electrons. The van der Waals surface area contributed by atoms with E-state index in [1.165, 1.54) is 0 Å². The number of hydrogen-bond donors (Lipinski definition) is 1. The molecule has 0 bridgehead atoms. The largest absolute Gasteiger partial charge is 0.376 e. The van der Waals surface area contributed by atoms with E-state index in [1.54, 1.807) is 0 Å². The van der Waals surface area contributed by atoms with Gasteiger partial charge >= 0.3 is 0 Å². The normalized spacial score (nSPS) is 16.6. The SMILES string of the molecule is CCc1c(-c2ccccc2)nc2ccccc2c1C(=O)NCC1CCCO1. The van der Waals surface area contributed by atoms with Crippen LogP contribution in [0.5, 0.6) is 0 Å². The van der Waals surface area contributed by atoms with Crippen molar-refractivity contribution >= 4 is 16.8 Å². The third-order valence-electron chi connectivity index (χ3n) is 5.14. The summed E-state index contributed by atoms with van der Waals surface area (Å²) in [6, 6.07) is 18.0. The van der Waals surface area contributed by atoms with Gasteiger partial charge in [0.25, 0.3) is 5.91 Å². The molecule has 1 unspecified atom stereocenters. The fourth-order valence-corrected chi connectivity index (χ4v) is 3.79. The maximum atomic E-state index is 13.2. The lowest BCUT2D eigenvalue weighted by atomic mass is 9.94. The Labute approximate surface area is 159 Å². The summed E-state index contributed by atoms with van der Waals surface area (Å²) in [5, 5.41) is 4.00. The van der Waals surface area contributed by atoms with Crippen LogP contribution in [0.15, 0.2) is 54.6 Å². The van der Waals surface area contributed by atoms with Crippen molar-refractivity contribution in [2.75, 3.05) is 13.2 Å². The molecule has 0 spiro atoms. The number of benzene rings is 2. The van der Waals surface area contributed by atoms with Gasteiger partial charge in [-0.3, -0.25) is 4.79 Å². The Bertz CT molecular complexity index is 947. The Morgan fingerprint density at radius 2 is 1.93 bits per heavy atom. The molecule has 1 amide bonds. The lowest BCUT2D eigenvalue weighted by Crippen LogP contribution is -2.32. The number of para-hydroxylation sites is 1. The van der Waals surface area contributed by atoms with E-state index in [4.69, 9.17) is 9.72 Å². The Morgan fingerprint density at radius 1 is 1.15 bits per heavy atom. The Hall–Kier alpha value is -2.72. The highest BCUT2D eigenvalue weighted by Gasteiger charge is 2.22. The van der Waals surface area contributed by atoms with Crippen molar-refractivity contribution in [2.45, 2.75) is 32.3 Å². The smallest absolute Gasteiger partial charge is 0.252 e. The number of carbonyl (C=O) groups excluding carboxylic acids is 1.